The van der Waals surface area contributed by atoms with Gasteiger partial charge >= 0.3 is 0 Å². The highest BCUT2D eigenvalue weighted by Crippen LogP contribution is 2.20. The molecule has 96 valence electrons. The first kappa shape index (κ1) is 13.8. The Hall–Kier alpha value is -0.240. The minimum Gasteiger partial charge on any atom is -0.394 e. The minimum atomic E-state index is -0.370. The zero-order valence-electron chi connectivity index (χ0n) is 9.76. The lowest BCUT2D eigenvalue weighted by atomic mass is 10.0. The van der Waals surface area contributed by atoms with E-state index in [1.807, 2.05) is 0 Å². The van der Waals surface area contributed by atoms with Crippen LogP contribution in [0.2, 0.25) is 0 Å². The summed E-state index contributed by atoms with van der Waals surface area (Å²) in [7, 11) is 3.11. The topological polar surface area (TPSA) is 66.4 Å². The first-order valence-corrected chi connectivity index (χ1v) is 5.27. The standard InChI is InChI=1S/C10H20O6/c1-12-6-15-8-3-4-14-9(5-11)10(8)16-7-13-2/h8-11H,3-7H2,1-2H3/t8-,9-,10+/m1/s1. The van der Waals surface area contributed by atoms with Crippen molar-refractivity contribution >= 4 is 0 Å². The van der Waals surface area contributed by atoms with Crippen molar-refractivity contribution in [3.05, 3.63) is 0 Å². The third-order valence-corrected chi connectivity index (χ3v) is 2.43. The maximum absolute atomic E-state index is 9.17. The molecule has 6 nitrogen and oxygen atoms in total. The number of methoxy groups -OCH3 is 2. The van der Waals surface area contributed by atoms with E-state index in [0.29, 0.717) is 13.0 Å². The maximum atomic E-state index is 9.17. The Morgan fingerprint density at radius 2 is 1.88 bits per heavy atom. The van der Waals surface area contributed by atoms with E-state index in [9.17, 15) is 5.11 Å². The van der Waals surface area contributed by atoms with E-state index < -0.39 is 0 Å². The predicted octanol–water partition coefficient (Wildman–Crippen LogP) is -0.254. The van der Waals surface area contributed by atoms with Crippen LogP contribution in [0.25, 0.3) is 0 Å². The van der Waals surface area contributed by atoms with Crippen molar-refractivity contribution in [2.45, 2.75) is 24.7 Å². The van der Waals surface area contributed by atoms with Crippen LogP contribution >= 0.6 is 0 Å². The number of aliphatic hydroxyl groups is 1. The van der Waals surface area contributed by atoms with Crippen LogP contribution in [0.3, 0.4) is 0 Å². The average Bonchev–Trinajstić information content (AvgIpc) is 2.33. The van der Waals surface area contributed by atoms with Crippen LogP contribution in [-0.4, -0.2) is 64.4 Å². The van der Waals surface area contributed by atoms with Gasteiger partial charge in [0.05, 0.1) is 12.7 Å². The van der Waals surface area contributed by atoms with Crippen LogP contribution in [0.15, 0.2) is 0 Å². The molecule has 0 bridgehead atoms. The molecule has 1 saturated heterocycles. The third-order valence-electron chi connectivity index (χ3n) is 2.43. The van der Waals surface area contributed by atoms with Gasteiger partial charge in [-0.15, -0.1) is 0 Å². The van der Waals surface area contributed by atoms with E-state index in [0.717, 1.165) is 0 Å². The molecule has 1 fully saturated rings. The Bertz CT molecular complexity index is 177. The van der Waals surface area contributed by atoms with E-state index >= 15 is 0 Å². The molecule has 3 atom stereocenters. The fourth-order valence-electron chi connectivity index (χ4n) is 1.69. The summed E-state index contributed by atoms with van der Waals surface area (Å²) in [6, 6.07) is 0. The van der Waals surface area contributed by atoms with Gasteiger partial charge in [0.2, 0.25) is 0 Å². The average molecular weight is 236 g/mol. The largest absolute Gasteiger partial charge is 0.394 e. The predicted molar refractivity (Wildman–Crippen MR) is 54.9 cm³/mol. The Morgan fingerprint density at radius 1 is 1.19 bits per heavy atom. The van der Waals surface area contributed by atoms with Crippen molar-refractivity contribution in [3.8, 4) is 0 Å². The number of hydrogen-bond donors (Lipinski definition) is 1. The third kappa shape index (κ3) is 3.97. The maximum Gasteiger partial charge on any atom is 0.146 e. The SMILES string of the molecule is COCO[C@@H]1[C@@H](CO)OCC[C@H]1OCOC. The lowest BCUT2D eigenvalue weighted by molar-refractivity contribution is -0.225. The Kier molecular flexibility index (Phi) is 6.86. The summed E-state index contributed by atoms with van der Waals surface area (Å²) in [5.41, 5.74) is 0. The molecule has 0 unspecified atom stereocenters. The molecule has 1 heterocycles. The van der Waals surface area contributed by atoms with Gasteiger partial charge in [-0.25, -0.2) is 0 Å². The highest BCUT2D eigenvalue weighted by atomic mass is 16.7. The van der Waals surface area contributed by atoms with E-state index in [1.54, 1.807) is 14.2 Å². The molecular weight excluding hydrogens is 216 g/mol. The minimum absolute atomic E-state index is 0.0960. The van der Waals surface area contributed by atoms with E-state index in [4.69, 9.17) is 23.7 Å². The summed E-state index contributed by atoms with van der Waals surface area (Å²) in [6.07, 6.45) is -0.116. The van der Waals surface area contributed by atoms with Gasteiger partial charge in [-0.2, -0.15) is 0 Å². The molecule has 1 aliphatic rings. The molecule has 1 rings (SSSR count). The molecule has 16 heavy (non-hydrogen) atoms. The summed E-state index contributed by atoms with van der Waals surface area (Å²) >= 11 is 0. The second-order valence-corrected chi connectivity index (χ2v) is 3.53. The molecule has 6 heteroatoms. The van der Waals surface area contributed by atoms with Gasteiger partial charge in [0, 0.05) is 20.8 Å². The van der Waals surface area contributed by atoms with E-state index in [2.05, 4.69) is 0 Å². The normalized spacial score (nSPS) is 30.6. The molecule has 1 N–H and O–H groups in total. The van der Waals surface area contributed by atoms with Crippen LogP contribution in [0.1, 0.15) is 6.42 Å². The van der Waals surface area contributed by atoms with Crippen LogP contribution < -0.4 is 0 Å². The Labute approximate surface area is 95.4 Å². The van der Waals surface area contributed by atoms with Gasteiger partial charge in [0.25, 0.3) is 0 Å². The first-order valence-electron chi connectivity index (χ1n) is 5.27. The molecule has 0 aliphatic carbocycles. The van der Waals surface area contributed by atoms with Crippen molar-refractivity contribution in [2.75, 3.05) is 41.0 Å². The monoisotopic (exact) mass is 236 g/mol. The van der Waals surface area contributed by atoms with Gasteiger partial charge < -0.3 is 28.8 Å². The van der Waals surface area contributed by atoms with Crippen LogP contribution in [0, 0.1) is 0 Å². The van der Waals surface area contributed by atoms with E-state index in [-0.39, 0.29) is 38.5 Å². The molecule has 0 spiro atoms. The van der Waals surface area contributed by atoms with Crippen LogP contribution in [0.4, 0.5) is 0 Å². The summed E-state index contributed by atoms with van der Waals surface area (Å²) in [5.74, 6) is 0. The van der Waals surface area contributed by atoms with Crippen molar-refractivity contribution in [1.29, 1.82) is 0 Å². The van der Waals surface area contributed by atoms with Crippen molar-refractivity contribution in [3.63, 3.8) is 0 Å². The second-order valence-electron chi connectivity index (χ2n) is 3.53. The van der Waals surface area contributed by atoms with Crippen molar-refractivity contribution < 1.29 is 28.8 Å². The molecule has 0 amide bonds. The lowest BCUT2D eigenvalue weighted by Gasteiger charge is -2.36. The molecule has 1 aliphatic heterocycles. The Balaban J connectivity index is 2.48. The first-order chi connectivity index (χ1) is 7.83. The summed E-state index contributed by atoms with van der Waals surface area (Å²) < 4.78 is 26.0. The zero-order chi connectivity index (χ0) is 11.8. The van der Waals surface area contributed by atoms with Gasteiger partial charge in [0.1, 0.15) is 25.8 Å². The van der Waals surface area contributed by atoms with Crippen LogP contribution in [0.5, 0.6) is 0 Å². The van der Waals surface area contributed by atoms with Gasteiger partial charge in [0.15, 0.2) is 0 Å². The summed E-state index contributed by atoms with van der Waals surface area (Å²) in [4.78, 5) is 0. The lowest BCUT2D eigenvalue weighted by Crippen LogP contribution is -2.49. The van der Waals surface area contributed by atoms with Gasteiger partial charge in [-0.3, -0.25) is 0 Å². The fourth-order valence-corrected chi connectivity index (χ4v) is 1.69. The highest BCUT2D eigenvalue weighted by molar-refractivity contribution is 4.83. The molecule has 0 aromatic rings. The molecule has 0 radical (unpaired) electrons. The number of rotatable bonds is 7. The number of ether oxygens (including phenoxy) is 5. The Morgan fingerprint density at radius 3 is 2.50 bits per heavy atom. The molecular formula is C10H20O6. The second kappa shape index (κ2) is 7.94. The van der Waals surface area contributed by atoms with Crippen molar-refractivity contribution in [1.82, 2.24) is 0 Å². The molecule has 0 saturated carbocycles. The summed E-state index contributed by atoms with van der Waals surface area (Å²) in [5, 5.41) is 9.17. The zero-order valence-corrected chi connectivity index (χ0v) is 9.76. The smallest absolute Gasteiger partial charge is 0.146 e. The quantitative estimate of drug-likeness (QED) is 0.615. The number of hydrogen-bond acceptors (Lipinski definition) is 6. The summed E-state index contributed by atoms with van der Waals surface area (Å²) in [6.45, 7) is 0.806. The van der Waals surface area contributed by atoms with Crippen molar-refractivity contribution in [2.24, 2.45) is 0 Å². The number of aliphatic hydroxyl groups excluding tert-OH is 1. The van der Waals surface area contributed by atoms with Crippen LogP contribution in [-0.2, 0) is 23.7 Å². The molecule has 0 aromatic heterocycles. The van der Waals surface area contributed by atoms with Gasteiger partial charge in [-0.1, -0.05) is 0 Å². The van der Waals surface area contributed by atoms with E-state index in [1.165, 1.54) is 0 Å². The highest BCUT2D eigenvalue weighted by Gasteiger charge is 2.35. The molecule has 0 aromatic carbocycles. The fraction of sp³-hybridized carbons (Fsp3) is 1.00. The van der Waals surface area contributed by atoms with Gasteiger partial charge in [-0.05, 0) is 6.42 Å².